The number of methoxy groups -OCH3 is 2. The lowest BCUT2D eigenvalue weighted by Gasteiger charge is -2.07. The molecule has 0 radical (unpaired) electrons. The van der Waals surface area contributed by atoms with E-state index in [1.807, 2.05) is 36.4 Å². The molecule has 0 unspecified atom stereocenters. The summed E-state index contributed by atoms with van der Waals surface area (Å²) < 4.78 is 11.5. The van der Waals surface area contributed by atoms with Crippen molar-refractivity contribution < 1.29 is 14.3 Å². The first-order chi connectivity index (χ1) is 11.2. The van der Waals surface area contributed by atoms with Crippen molar-refractivity contribution in [2.45, 2.75) is 12.8 Å². The van der Waals surface area contributed by atoms with Crippen molar-refractivity contribution in [1.82, 2.24) is 0 Å². The van der Waals surface area contributed by atoms with Crippen LogP contribution in [0.1, 0.15) is 20.8 Å². The van der Waals surface area contributed by atoms with E-state index in [-0.39, 0.29) is 5.97 Å². The first kappa shape index (κ1) is 15.6. The van der Waals surface area contributed by atoms with Crippen LogP contribution in [0, 0.1) is 0 Å². The zero-order chi connectivity index (χ0) is 16.2. The van der Waals surface area contributed by atoms with Crippen molar-refractivity contribution in [3.63, 3.8) is 0 Å². The average molecular weight is 326 g/mol. The Bertz CT molecular complexity index is 821. The SMILES string of the molecule is COC(=O)c1sc2cccc(OC)c2c1CCc1ccccc1. The molecule has 1 heterocycles. The van der Waals surface area contributed by atoms with Crippen molar-refractivity contribution in [2.75, 3.05) is 14.2 Å². The second-order valence-electron chi connectivity index (χ2n) is 5.22. The number of hydrogen-bond donors (Lipinski definition) is 0. The van der Waals surface area contributed by atoms with Gasteiger partial charge in [-0.3, -0.25) is 0 Å². The molecule has 118 valence electrons. The highest BCUT2D eigenvalue weighted by Gasteiger charge is 2.21. The summed E-state index contributed by atoms with van der Waals surface area (Å²) in [4.78, 5) is 12.8. The van der Waals surface area contributed by atoms with Crippen molar-refractivity contribution >= 4 is 27.4 Å². The van der Waals surface area contributed by atoms with E-state index in [0.29, 0.717) is 4.88 Å². The van der Waals surface area contributed by atoms with Crippen LogP contribution < -0.4 is 4.74 Å². The van der Waals surface area contributed by atoms with Crippen molar-refractivity contribution in [2.24, 2.45) is 0 Å². The van der Waals surface area contributed by atoms with Crippen LogP contribution in [0.25, 0.3) is 10.1 Å². The van der Waals surface area contributed by atoms with Crippen LogP contribution in [0.3, 0.4) is 0 Å². The van der Waals surface area contributed by atoms with Gasteiger partial charge in [-0.15, -0.1) is 11.3 Å². The van der Waals surface area contributed by atoms with E-state index >= 15 is 0 Å². The molecule has 3 aromatic rings. The van der Waals surface area contributed by atoms with E-state index < -0.39 is 0 Å². The zero-order valence-corrected chi connectivity index (χ0v) is 14.0. The van der Waals surface area contributed by atoms with Gasteiger partial charge in [0.25, 0.3) is 0 Å². The minimum atomic E-state index is -0.281. The van der Waals surface area contributed by atoms with Gasteiger partial charge in [-0.25, -0.2) is 4.79 Å². The number of rotatable bonds is 5. The molecule has 0 atom stereocenters. The number of fused-ring (bicyclic) bond motifs is 1. The smallest absolute Gasteiger partial charge is 0.348 e. The largest absolute Gasteiger partial charge is 0.496 e. The molecule has 0 saturated heterocycles. The van der Waals surface area contributed by atoms with Gasteiger partial charge >= 0.3 is 5.97 Å². The predicted octanol–water partition coefficient (Wildman–Crippen LogP) is 4.48. The summed E-state index contributed by atoms with van der Waals surface area (Å²) >= 11 is 1.47. The van der Waals surface area contributed by atoms with E-state index in [1.165, 1.54) is 24.0 Å². The molecule has 0 saturated carbocycles. The fourth-order valence-corrected chi connectivity index (χ4v) is 3.95. The van der Waals surface area contributed by atoms with E-state index in [9.17, 15) is 4.79 Å². The second kappa shape index (κ2) is 6.84. The first-order valence-corrected chi connectivity index (χ1v) is 8.27. The van der Waals surface area contributed by atoms with Gasteiger partial charge in [-0.1, -0.05) is 36.4 Å². The fourth-order valence-electron chi connectivity index (χ4n) is 2.76. The van der Waals surface area contributed by atoms with Gasteiger partial charge in [-0.05, 0) is 36.1 Å². The fraction of sp³-hybridized carbons (Fsp3) is 0.211. The van der Waals surface area contributed by atoms with Gasteiger partial charge < -0.3 is 9.47 Å². The maximum Gasteiger partial charge on any atom is 0.348 e. The minimum Gasteiger partial charge on any atom is -0.496 e. The highest BCUT2D eigenvalue weighted by molar-refractivity contribution is 7.21. The second-order valence-corrected chi connectivity index (χ2v) is 6.27. The monoisotopic (exact) mass is 326 g/mol. The van der Waals surface area contributed by atoms with Gasteiger partial charge in [0.15, 0.2) is 0 Å². The quantitative estimate of drug-likeness (QED) is 0.648. The standard InChI is InChI=1S/C19H18O3S/c1-21-15-9-6-10-16-17(15)14(18(23-16)19(20)22-2)12-11-13-7-4-3-5-8-13/h3-10H,11-12H2,1-2H3. The van der Waals surface area contributed by atoms with Crippen molar-refractivity contribution in [3.05, 3.63) is 64.5 Å². The molecule has 0 N–H and O–H groups in total. The molecule has 3 nitrogen and oxygen atoms in total. The number of thiophene rings is 1. The summed E-state index contributed by atoms with van der Waals surface area (Å²) in [7, 11) is 3.08. The van der Waals surface area contributed by atoms with Crippen LogP contribution in [-0.4, -0.2) is 20.2 Å². The van der Waals surface area contributed by atoms with Crippen LogP contribution in [0.15, 0.2) is 48.5 Å². The highest BCUT2D eigenvalue weighted by Crippen LogP contribution is 2.38. The molecule has 0 spiro atoms. The molecular weight excluding hydrogens is 308 g/mol. The number of esters is 1. The average Bonchev–Trinajstić information content (AvgIpc) is 2.98. The van der Waals surface area contributed by atoms with Crippen molar-refractivity contribution in [1.29, 1.82) is 0 Å². The highest BCUT2D eigenvalue weighted by atomic mass is 32.1. The molecule has 0 fully saturated rings. The number of ether oxygens (including phenoxy) is 2. The van der Waals surface area contributed by atoms with Gasteiger partial charge in [-0.2, -0.15) is 0 Å². The van der Waals surface area contributed by atoms with Crippen LogP contribution in [0.4, 0.5) is 0 Å². The summed E-state index contributed by atoms with van der Waals surface area (Å²) in [5.74, 6) is 0.522. The molecule has 4 heteroatoms. The molecule has 2 aromatic carbocycles. The summed E-state index contributed by atoms with van der Waals surface area (Å²) in [5.41, 5.74) is 2.26. The van der Waals surface area contributed by atoms with E-state index in [1.54, 1.807) is 7.11 Å². The Hall–Kier alpha value is -2.33. The summed E-state index contributed by atoms with van der Waals surface area (Å²) in [6.45, 7) is 0. The lowest BCUT2D eigenvalue weighted by atomic mass is 10.0. The number of hydrogen-bond acceptors (Lipinski definition) is 4. The van der Waals surface area contributed by atoms with Crippen LogP contribution >= 0.6 is 11.3 Å². The maximum atomic E-state index is 12.2. The first-order valence-electron chi connectivity index (χ1n) is 7.45. The lowest BCUT2D eigenvalue weighted by molar-refractivity contribution is 0.0605. The Labute approximate surface area is 139 Å². The predicted molar refractivity (Wildman–Crippen MR) is 93.6 cm³/mol. The Morgan fingerprint density at radius 1 is 1.00 bits per heavy atom. The van der Waals surface area contributed by atoms with Crippen LogP contribution in [0.2, 0.25) is 0 Å². The van der Waals surface area contributed by atoms with Crippen LogP contribution in [-0.2, 0) is 17.6 Å². The molecule has 0 bridgehead atoms. The third kappa shape index (κ3) is 3.08. The maximum absolute atomic E-state index is 12.2. The molecule has 3 rings (SSSR count). The normalized spacial score (nSPS) is 10.7. The van der Waals surface area contributed by atoms with E-state index in [4.69, 9.17) is 9.47 Å². The molecule has 0 amide bonds. The van der Waals surface area contributed by atoms with Gasteiger partial charge in [0, 0.05) is 10.1 Å². The molecule has 0 aliphatic carbocycles. The zero-order valence-electron chi connectivity index (χ0n) is 13.2. The molecule has 0 aliphatic rings. The molecule has 23 heavy (non-hydrogen) atoms. The molecule has 0 aliphatic heterocycles. The van der Waals surface area contributed by atoms with Crippen molar-refractivity contribution in [3.8, 4) is 5.75 Å². The third-order valence-corrected chi connectivity index (χ3v) is 5.05. The summed E-state index contributed by atoms with van der Waals surface area (Å²) in [6, 6.07) is 16.2. The number of carbonyl (C=O) groups excluding carboxylic acids is 1. The molecule has 1 aromatic heterocycles. The Morgan fingerprint density at radius 3 is 2.48 bits per heavy atom. The topological polar surface area (TPSA) is 35.5 Å². The van der Waals surface area contributed by atoms with E-state index in [2.05, 4.69) is 12.1 Å². The Morgan fingerprint density at radius 2 is 1.78 bits per heavy atom. The Kier molecular flexibility index (Phi) is 4.63. The minimum absolute atomic E-state index is 0.281. The van der Waals surface area contributed by atoms with Gasteiger partial charge in [0.2, 0.25) is 0 Å². The van der Waals surface area contributed by atoms with Crippen LogP contribution in [0.5, 0.6) is 5.75 Å². The van der Waals surface area contributed by atoms with Gasteiger partial charge in [0.1, 0.15) is 10.6 Å². The summed E-state index contributed by atoms with van der Waals surface area (Å²) in [6.07, 6.45) is 1.64. The third-order valence-electron chi connectivity index (χ3n) is 3.87. The molecular formula is C19H18O3S. The van der Waals surface area contributed by atoms with E-state index in [0.717, 1.165) is 34.2 Å². The number of carbonyl (C=O) groups is 1. The van der Waals surface area contributed by atoms with Gasteiger partial charge in [0.05, 0.1) is 14.2 Å². The number of aryl methyl sites for hydroxylation is 2. The Balaban J connectivity index is 2.06. The summed E-state index contributed by atoms with van der Waals surface area (Å²) in [5, 5.41) is 1.02. The number of benzene rings is 2. The lowest BCUT2D eigenvalue weighted by Crippen LogP contribution is -2.03.